The minimum absolute atomic E-state index is 0.0739. The summed E-state index contributed by atoms with van der Waals surface area (Å²) in [4.78, 5) is 47.0. The van der Waals surface area contributed by atoms with Gasteiger partial charge in [-0.05, 0) is 37.5 Å². The monoisotopic (exact) mass is 444 g/mol. The molecule has 0 aromatic heterocycles. The topological polar surface area (TPSA) is 96.0 Å². The highest BCUT2D eigenvalue weighted by Crippen LogP contribution is 2.34. The first kappa shape index (κ1) is 26.8. The van der Waals surface area contributed by atoms with E-state index in [2.05, 4.69) is 17.7 Å². The van der Waals surface area contributed by atoms with Gasteiger partial charge in [-0.1, -0.05) is 43.4 Å². The fourth-order valence-electron chi connectivity index (χ4n) is 3.13. The zero-order chi connectivity index (χ0) is 24.0. The molecule has 0 aromatic rings. The Balaban J connectivity index is 3.06. The quantitative estimate of drug-likeness (QED) is 0.193. The van der Waals surface area contributed by atoms with Crippen molar-refractivity contribution in [3.8, 4) is 0 Å². The van der Waals surface area contributed by atoms with Crippen LogP contribution in [0.3, 0.4) is 0 Å². The largest absolute Gasteiger partial charge is 0.469 e. The van der Waals surface area contributed by atoms with Crippen molar-refractivity contribution < 1.29 is 33.4 Å². The Kier molecular flexibility index (Phi) is 11.7. The fourth-order valence-corrected chi connectivity index (χ4v) is 3.13. The number of carbonyl (C=O) groups excluding carboxylic acids is 4. The van der Waals surface area contributed by atoms with E-state index in [1.807, 2.05) is 18.2 Å². The third-order valence-corrected chi connectivity index (χ3v) is 4.58. The van der Waals surface area contributed by atoms with Crippen molar-refractivity contribution in [3.05, 3.63) is 60.3 Å². The third kappa shape index (κ3) is 9.29. The van der Waals surface area contributed by atoms with Gasteiger partial charge in [0.2, 0.25) is 0 Å². The summed E-state index contributed by atoms with van der Waals surface area (Å²) < 4.78 is 15.4. The lowest BCUT2D eigenvalue weighted by Gasteiger charge is -2.27. The molecule has 32 heavy (non-hydrogen) atoms. The summed E-state index contributed by atoms with van der Waals surface area (Å²) in [5.41, 5.74) is -0.895. The van der Waals surface area contributed by atoms with Crippen molar-refractivity contribution in [2.75, 3.05) is 7.11 Å². The molecule has 0 aromatic carbocycles. The highest BCUT2D eigenvalue weighted by molar-refractivity contribution is 6.09. The van der Waals surface area contributed by atoms with E-state index in [0.717, 1.165) is 12.8 Å². The van der Waals surface area contributed by atoms with Gasteiger partial charge < -0.3 is 14.2 Å². The standard InChI is InChI=1S/C25H32O7/c1-5-6-7-8-9-10-17-25(32-20(3)27)18-16-23(28)22(25)13-11-12-21(31-19(2)26)14-15-24(29)30-4/h6-7,9-13,16,18,21H,5,8,14-15,17H2,1-4H3/b7-6?,10-9?,12-11?,22-13-. The van der Waals surface area contributed by atoms with Gasteiger partial charge in [-0.25, -0.2) is 0 Å². The van der Waals surface area contributed by atoms with E-state index < -0.39 is 29.6 Å². The molecule has 0 fully saturated rings. The van der Waals surface area contributed by atoms with Crippen LogP contribution in [-0.4, -0.2) is 42.5 Å². The average Bonchev–Trinajstić information content (AvgIpc) is 3.03. The lowest BCUT2D eigenvalue weighted by atomic mass is 9.91. The lowest BCUT2D eigenvalue weighted by molar-refractivity contribution is -0.149. The van der Waals surface area contributed by atoms with Crippen LogP contribution in [0.1, 0.15) is 52.9 Å². The van der Waals surface area contributed by atoms with Gasteiger partial charge in [0, 0.05) is 32.3 Å². The number of esters is 3. The average molecular weight is 445 g/mol. The summed E-state index contributed by atoms with van der Waals surface area (Å²) >= 11 is 0. The summed E-state index contributed by atoms with van der Waals surface area (Å²) in [6, 6.07) is 0. The number of hydrogen-bond acceptors (Lipinski definition) is 7. The summed E-state index contributed by atoms with van der Waals surface area (Å²) in [6.45, 7) is 4.62. The lowest BCUT2D eigenvalue weighted by Crippen LogP contribution is -2.33. The minimum Gasteiger partial charge on any atom is -0.469 e. The Morgan fingerprint density at radius 1 is 1.09 bits per heavy atom. The maximum atomic E-state index is 12.5. The van der Waals surface area contributed by atoms with Gasteiger partial charge in [-0.2, -0.15) is 0 Å². The zero-order valence-electron chi connectivity index (χ0n) is 19.2. The Morgan fingerprint density at radius 2 is 1.81 bits per heavy atom. The maximum absolute atomic E-state index is 12.5. The van der Waals surface area contributed by atoms with Gasteiger partial charge in [0.15, 0.2) is 11.4 Å². The van der Waals surface area contributed by atoms with E-state index in [9.17, 15) is 19.2 Å². The van der Waals surface area contributed by atoms with Crippen LogP contribution < -0.4 is 0 Å². The molecule has 174 valence electrons. The molecule has 0 radical (unpaired) electrons. The number of methoxy groups -OCH3 is 1. The Morgan fingerprint density at radius 3 is 2.44 bits per heavy atom. The molecule has 2 atom stereocenters. The number of rotatable bonds is 12. The molecule has 1 rings (SSSR count). The second-order valence-corrected chi connectivity index (χ2v) is 7.20. The SMILES string of the molecule is CCC=CCC=CCC1(OC(C)=O)C=CC(=O)/C1=C/C=CC(CCC(=O)OC)OC(C)=O. The van der Waals surface area contributed by atoms with E-state index in [-0.39, 0.29) is 18.6 Å². The molecule has 0 amide bonds. The molecule has 0 spiro atoms. The summed E-state index contributed by atoms with van der Waals surface area (Å²) in [5, 5.41) is 0. The first-order valence-corrected chi connectivity index (χ1v) is 10.6. The van der Waals surface area contributed by atoms with Crippen molar-refractivity contribution in [1.82, 2.24) is 0 Å². The summed E-state index contributed by atoms with van der Waals surface area (Å²) in [6.07, 6.45) is 17.2. The van der Waals surface area contributed by atoms with E-state index in [1.54, 1.807) is 24.3 Å². The molecule has 7 nitrogen and oxygen atoms in total. The fraction of sp³-hybridized carbons (Fsp3) is 0.440. The Labute approximate surface area is 189 Å². The van der Waals surface area contributed by atoms with Gasteiger partial charge in [-0.3, -0.25) is 19.2 Å². The van der Waals surface area contributed by atoms with Crippen LogP contribution in [0.2, 0.25) is 0 Å². The van der Waals surface area contributed by atoms with Crippen LogP contribution in [0.25, 0.3) is 0 Å². The molecule has 1 aliphatic rings. The molecule has 1 aliphatic carbocycles. The predicted octanol–water partition coefficient (Wildman–Crippen LogP) is 4.10. The molecule has 0 heterocycles. The maximum Gasteiger partial charge on any atom is 0.305 e. The Hall–Kier alpha value is -3.22. The number of allylic oxidation sites excluding steroid dienone is 6. The third-order valence-electron chi connectivity index (χ3n) is 4.58. The van der Waals surface area contributed by atoms with Crippen LogP contribution in [0, 0.1) is 0 Å². The normalized spacial score (nSPS) is 20.5. The molecule has 2 unspecified atom stereocenters. The molecular formula is C25H32O7. The Bertz CT molecular complexity index is 829. The molecule has 0 N–H and O–H groups in total. The van der Waals surface area contributed by atoms with Crippen molar-refractivity contribution in [2.24, 2.45) is 0 Å². The summed E-state index contributed by atoms with van der Waals surface area (Å²) in [5.74, 6) is -1.69. The van der Waals surface area contributed by atoms with Crippen LogP contribution in [0.4, 0.5) is 0 Å². The minimum atomic E-state index is -1.19. The smallest absolute Gasteiger partial charge is 0.305 e. The van der Waals surface area contributed by atoms with E-state index in [0.29, 0.717) is 12.0 Å². The van der Waals surface area contributed by atoms with Crippen LogP contribution in [0.5, 0.6) is 0 Å². The van der Waals surface area contributed by atoms with Crippen LogP contribution in [0.15, 0.2) is 60.3 Å². The van der Waals surface area contributed by atoms with Crippen molar-refractivity contribution in [2.45, 2.75) is 64.6 Å². The molecule has 0 saturated heterocycles. The van der Waals surface area contributed by atoms with E-state index >= 15 is 0 Å². The van der Waals surface area contributed by atoms with Gasteiger partial charge in [0.25, 0.3) is 0 Å². The first-order chi connectivity index (χ1) is 15.2. The van der Waals surface area contributed by atoms with Gasteiger partial charge >= 0.3 is 17.9 Å². The molecular weight excluding hydrogens is 412 g/mol. The summed E-state index contributed by atoms with van der Waals surface area (Å²) in [7, 11) is 1.28. The molecule has 0 bridgehead atoms. The van der Waals surface area contributed by atoms with Gasteiger partial charge in [-0.15, -0.1) is 0 Å². The molecule has 7 heteroatoms. The van der Waals surface area contributed by atoms with Crippen molar-refractivity contribution in [1.29, 1.82) is 0 Å². The number of ketones is 1. The second kappa shape index (κ2) is 14.0. The zero-order valence-corrected chi connectivity index (χ0v) is 19.2. The van der Waals surface area contributed by atoms with Crippen molar-refractivity contribution >= 4 is 23.7 Å². The second-order valence-electron chi connectivity index (χ2n) is 7.20. The predicted molar refractivity (Wildman–Crippen MR) is 120 cm³/mol. The van der Waals surface area contributed by atoms with Crippen molar-refractivity contribution in [3.63, 3.8) is 0 Å². The first-order valence-electron chi connectivity index (χ1n) is 10.6. The van der Waals surface area contributed by atoms with Gasteiger partial charge in [0.1, 0.15) is 6.10 Å². The van der Waals surface area contributed by atoms with Gasteiger partial charge in [0.05, 0.1) is 7.11 Å². The van der Waals surface area contributed by atoms with E-state index in [1.165, 1.54) is 27.0 Å². The molecule has 0 saturated carbocycles. The van der Waals surface area contributed by atoms with Crippen LogP contribution >= 0.6 is 0 Å². The highest BCUT2D eigenvalue weighted by atomic mass is 16.6. The molecule has 0 aliphatic heterocycles. The van der Waals surface area contributed by atoms with E-state index in [4.69, 9.17) is 9.47 Å². The number of carbonyl (C=O) groups is 4. The number of ether oxygens (including phenoxy) is 3. The highest BCUT2D eigenvalue weighted by Gasteiger charge is 2.41. The van der Waals surface area contributed by atoms with Crippen LogP contribution in [-0.2, 0) is 33.4 Å². The number of hydrogen-bond donors (Lipinski definition) is 0.